The molecule has 0 radical (unpaired) electrons. The molecular weight excluding hydrogens is 701 g/mol. The Kier molecular flexibility index (Phi) is 9.48. The van der Waals surface area contributed by atoms with Crippen LogP contribution in [0.4, 0.5) is 32.0 Å². The number of benzene rings is 3. The minimum Gasteiger partial charge on any atom is -0.507 e. The monoisotopic (exact) mass is 734 g/mol. The minimum absolute atomic E-state index is 0.0480. The van der Waals surface area contributed by atoms with Crippen LogP contribution in [-0.2, 0) is 26.6 Å². The van der Waals surface area contributed by atoms with Gasteiger partial charge in [0.05, 0.1) is 40.4 Å². The lowest BCUT2D eigenvalue weighted by atomic mass is 9.58. The molecule has 274 valence electrons. The van der Waals surface area contributed by atoms with E-state index < -0.39 is 72.0 Å². The molecule has 0 bridgehead atoms. The highest BCUT2D eigenvalue weighted by Gasteiger charge is 2.58. The number of allylic oxidation sites excluding steroid dienone is 2. The molecule has 1 aromatic heterocycles. The second-order valence-electron chi connectivity index (χ2n) is 13.6. The molecule has 2 saturated heterocycles. The molecule has 0 spiro atoms. The van der Waals surface area contributed by atoms with Crippen LogP contribution < -0.4 is 4.90 Å². The van der Waals surface area contributed by atoms with Crippen LogP contribution in [0.3, 0.4) is 0 Å². The first-order valence-electron chi connectivity index (χ1n) is 17.2. The van der Waals surface area contributed by atoms with Crippen LogP contribution >= 0.6 is 0 Å². The Morgan fingerprint density at radius 3 is 2.25 bits per heavy atom. The van der Waals surface area contributed by atoms with Gasteiger partial charge in [0.25, 0.3) is 0 Å². The predicted molar refractivity (Wildman–Crippen MR) is 186 cm³/mol. The number of halogens is 6. The van der Waals surface area contributed by atoms with Crippen LogP contribution in [0.2, 0.25) is 6.32 Å². The van der Waals surface area contributed by atoms with Crippen LogP contribution in [0, 0.1) is 17.8 Å². The number of imide groups is 1. The van der Waals surface area contributed by atoms with Gasteiger partial charge in [0.1, 0.15) is 5.75 Å². The molecule has 14 heteroatoms. The van der Waals surface area contributed by atoms with E-state index in [1.165, 1.54) is 0 Å². The molecule has 4 atom stereocenters. The molecular formula is C39H33BF6N2O5. The lowest BCUT2D eigenvalue weighted by Crippen LogP contribution is -2.46. The Hall–Kier alpha value is -4.95. The lowest BCUT2D eigenvalue weighted by Gasteiger charge is -2.43. The summed E-state index contributed by atoms with van der Waals surface area (Å²) in [5.41, 5.74) is -0.230. The van der Waals surface area contributed by atoms with Gasteiger partial charge in [-0.1, -0.05) is 48.9 Å². The first kappa shape index (κ1) is 36.4. The molecule has 2 N–H and O–H groups in total. The smallest absolute Gasteiger partial charge is 0.455 e. The quantitative estimate of drug-likeness (QED) is 0.0854. The van der Waals surface area contributed by atoms with Crippen LogP contribution in [0.25, 0.3) is 22.4 Å². The largest absolute Gasteiger partial charge is 0.507 e. The van der Waals surface area contributed by atoms with E-state index in [-0.39, 0.29) is 24.6 Å². The fraction of sp³-hybridized carbons (Fsp3) is 0.308. The van der Waals surface area contributed by atoms with Gasteiger partial charge < -0.3 is 14.8 Å². The summed E-state index contributed by atoms with van der Waals surface area (Å²) in [4.78, 5) is 32.9. The van der Waals surface area contributed by atoms with Crippen molar-refractivity contribution >= 4 is 47.0 Å². The number of carbonyl (C=O) groups is 2. The first-order valence-corrected chi connectivity index (χ1v) is 17.2. The van der Waals surface area contributed by atoms with Crippen molar-refractivity contribution in [1.82, 2.24) is 4.98 Å². The van der Waals surface area contributed by atoms with E-state index in [2.05, 4.69) is 4.98 Å². The maximum Gasteiger partial charge on any atom is 0.455 e. The number of carbonyl (C=O) groups excluding carboxylic acids is 2. The molecule has 0 saturated carbocycles. The number of phenolic OH excluding ortho intramolecular Hbond substituents is 1. The highest BCUT2D eigenvalue weighted by molar-refractivity contribution is 6.43. The van der Waals surface area contributed by atoms with Gasteiger partial charge in [-0.15, -0.1) is 0 Å². The molecule has 3 heterocycles. The van der Waals surface area contributed by atoms with Crippen molar-refractivity contribution in [2.45, 2.75) is 57.4 Å². The van der Waals surface area contributed by atoms with E-state index in [1.807, 2.05) is 49.4 Å². The van der Waals surface area contributed by atoms with Crippen molar-refractivity contribution in [3.05, 3.63) is 113 Å². The second-order valence-corrected chi connectivity index (χ2v) is 13.6. The molecule has 53 heavy (non-hydrogen) atoms. The molecule has 2 amide bonds. The van der Waals surface area contributed by atoms with Crippen molar-refractivity contribution in [3.8, 4) is 5.75 Å². The minimum atomic E-state index is -5.17. The van der Waals surface area contributed by atoms with E-state index in [0.717, 1.165) is 27.7 Å². The van der Waals surface area contributed by atoms with Gasteiger partial charge in [-0.2, -0.15) is 26.3 Å². The summed E-state index contributed by atoms with van der Waals surface area (Å²) < 4.78 is 88.5. The fourth-order valence-electron chi connectivity index (χ4n) is 8.16. The van der Waals surface area contributed by atoms with E-state index in [1.54, 1.807) is 24.4 Å². The Balaban J connectivity index is 1.23. The number of aromatic nitrogens is 1. The fourth-order valence-corrected chi connectivity index (χ4v) is 8.16. The van der Waals surface area contributed by atoms with Gasteiger partial charge >= 0.3 is 19.5 Å². The maximum atomic E-state index is 14.1. The Morgan fingerprint density at radius 1 is 0.925 bits per heavy atom. The predicted octanol–water partition coefficient (Wildman–Crippen LogP) is 8.71. The third-order valence-corrected chi connectivity index (χ3v) is 10.5. The number of rotatable bonds is 7. The molecule has 4 aromatic rings. The third kappa shape index (κ3) is 6.85. The lowest BCUT2D eigenvalue weighted by molar-refractivity contribution is -0.143. The summed E-state index contributed by atoms with van der Waals surface area (Å²) in [5.74, 6) is -4.55. The van der Waals surface area contributed by atoms with Crippen LogP contribution in [0.15, 0.2) is 90.1 Å². The van der Waals surface area contributed by atoms with E-state index >= 15 is 0 Å². The SMILES string of the molecule is CCC1=C2[C@@H](CC/C(=C/c3ccc(O)c4ccccc34)c3ccccn3)OB(O)C[C@@H]2[C@@H]2C(=O)N(c3cc(C(F)(F)F)cc(C(F)(F)F)c3)C(=O)[C@@H]2C1. The van der Waals surface area contributed by atoms with Gasteiger partial charge in [0, 0.05) is 11.6 Å². The Morgan fingerprint density at radius 2 is 1.60 bits per heavy atom. The van der Waals surface area contributed by atoms with Gasteiger partial charge in [0.2, 0.25) is 11.8 Å². The number of alkyl halides is 6. The van der Waals surface area contributed by atoms with Crippen molar-refractivity contribution in [2.24, 2.45) is 17.8 Å². The number of nitrogens with zero attached hydrogens (tertiary/aromatic N) is 2. The maximum absolute atomic E-state index is 14.1. The van der Waals surface area contributed by atoms with E-state index in [0.29, 0.717) is 47.4 Å². The number of hydrogen-bond donors (Lipinski definition) is 2. The average Bonchev–Trinajstić information content (AvgIpc) is 3.38. The summed E-state index contributed by atoms with van der Waals surface area (Å²) in [6.45, 7) is 1.86. The molecule has 7 rings (SSSR count). The van der Waals surface area contributed by atoms with E-state index in [4.69, 9.17) is 4.65 Å². The summed E-state index contributed by atoms with van der Waals surface area (Å²) in [7, 11) is -1.35. The number of phenols is 1. The highest BCUT2D eigenvalue weighted by Crippen LogP contribution is 2.52. The van der Waals surface area contributed by atoms with Gasteiger partial charge in [-0.25, -0.2) is 4.90 Å². The normalized spacial score (nSPS) is 22.5. The zero-order valence-electron chi connectivity index (χ0n) is 28.3. The van der Waals surface area contributed by atoms with E-state index in [9.17, 15) is 46.1 Å². The molecule has 1 aliphatic carbocycles. The van der Waals surface area contributed by atoms with Gasteiger partial charge in [-0.05, 0) is 102 Å². The number of pyridine rings is 1. The zero-order valence-corrected chi connectivity index (χ0v) is 28.3. The Labute approximate surface area is 300 Å². The standard InChI is InChI=1S/C39H33BF6N2O5/c1-2-21-16-29-35(37(51)48(36(29)50)26-18-24(38(41,42)43)17-25(19-26)39(44,45)46)30-20-40(52)53-33(34(21)30)13-11-23(31-9-5-6-14-47-31)15-22-10-12-32(49)28-8-4-3-7-27(22)28/h3-10,12,14-15,17-19,29-30,33,35,49,52H,2,11,13,16,20H2,1H3/b23-15-/t29-,30+,33-,35-/m1/s1. The summed E-state index contributed by atoms with van der Waals surface area (Å²) in [6.07, 6.45) is -6.31. The average molecular weight is 735 g/mol. The molecule has 0 unspecified atom stereocenters. The first-order chi connectivity index (χ1) is 25.2. The summed E-state index contributed by atoms with van der Waals surface area (Å²) in [6, 6.07) is 17.0. The number of amides is 2. The van der Waals surface area contributed by atoms with Crippen molar-refractivity contribution < 1.29 is 50.7 Å². The van der Waals surface area contributed by atoms with Crippen molar-refractivity contribution in [2.75, 3.05) is 4.90 Å². The Bertz CT molecular complexity index is 2120. The van der Waals surface area contributed by atoms with Crippen LogP contribution in [0.1, 0.15) is 55.0 Å². The number of anilines is 1. The molecule has 7 nitrogen and oxygen atoms in total. The molecule has 2 fully saturated rings. The number of aromatic hydroxyl groups is 1. The zero-order chi connectivity index (χ0) is 37.8. The topological polar surface area (TPSA) is 100.0 Å². The highest BCUT2D eigenvalue weighted by atomic mass is 19.4. The number of fused-ring (bicyclic) bond motifs is 4. The van der Waals surface area contributed by atoms with Crippen molar-refractivity contribution in [3.63, 3.8) is 0 Å². The summed E-state index contributed by atoms with van der Waals surface area (Å²) >= 11 is 0. The third-order valence-electron chi connectivity index (χ3n) is 10.5. The van der Waals surface area contributed by atoms with Crippen LogP contribution in [-0.4, -0.2) is 40.2 Å². The molecule has 3 aromatic carbocycles. The van der Waals surface area contributed by atoms with Gasteiger partial charge in [-0.3, -0.25) is 14.6 Å². The molecule has 2 aliphatic heterocycles. The van der Waals surface area contributed by atoms with Crippen molar-refractivity contribution in [1.29, 1.82) is 0 Å². The van der Waals surface area contributed by atoms with Gasteiger partial charge in [0.15, 0.2) is 0 Å². The molecule has 3 aliphatic rings. The summed E-state index contributed by atoms with van der Waals surface area (Å²) in [5, 5.41) is 22.9. The number of hydrogen-bond acceptors (Lipinski definition) is 6. The second kappa shape index (κ2) is 13.8. The van der Waals surface area contributed by atoms with Crippen LogP contribution in [0.5, 0.6) is 5.75 Å².